The van der Waals surface area contributed by atoms with Gasteiger partial charge in [-0.3, -0.25) is 4.68 Å². The van der Waals surface area contributed by atoms with Crippen LogP contribution in [0, 0.1) is 0 Å². The van der Waals surface area contributed by atoms with Gasteiger partial charge in [0.1, 0.15) is 0 Å². The average Bonchev–Trinajstić information content (AvgIpc) is 3.13. The summed E-state index contributed by atoms with van der Waals surface area (Å²) >= 11 is 9.77. The maximum absolute atomic E-state index is 10.5. The SMILES string of the molecule is CCc1nn(CC)c(CC(O)c2cc3sccc3s2)c1Cl. The Morgan fingerprint density at radius 1 is 1.38 bits per heavy atom. The van der Waals surface area contributed by atoms with Crippen LogP contribution in [-0.2, 0) is 19.4 Å². The minimum atomic E-state index is -0.529. The first-order valence-corrected chi connectivity index (χ1v) is 9.10. The van der Waals surface area contributed by atoms with Crippen molar-refractivity contribution in [3.63, 3.8) is 0 Å². The molecule has 1 N–H and O–H groups in total. The Labute approximate surface area is 136 Å². The van der Waals surface area contributed by atoms with Crippen LogP contribution in [0.15, 0.2) is 17.5 Å². The van der Waals surface area contributed by atoms with Crippen molar-refractivity contribution in [2.45, 2.75) is 39.3 Å². The molecule has 0 amide bonds. The van der Waals surface area contributed by atoms with Crippen LogP contribution in [0.5, 0.6) is 0 Å². The van der Waals surface area contributed by atoms with Crippen LogP contribution < -0.4 is 0 Å². The van der Waals surface area contributed by atoms with Gasteiger partial charge >= 0.3 is 0 Å². The van der Waals surface area contributed by atoms with Gasteiger partial charge in [0.25, 0.3) is 0 Å². The van der Waals surface area contributed by atoms with E-state index in [9.17, 15) is 5.11 Å². The Hall–Kier alpha value is -0.880. The smallest absolute Gasteiger partial charge is 0.0938 e. The summed E-state index contributed by atoms with van der Waals surface area (Å²) in [5.41, 5.74) is 1.84. The Morgan fingerprint density at radius 3 is 2.86 bits per heavy atom. The zero-order valence-electron chi connectivity index (χ0n) is 12.0. The maximum atomic E-state index is 10.5. The molecule has 1 unspecified atom stereocenters. The largest absolute Gasteiger partial charge is 0.387 e. The lowest BCUT2D eigenvalue weighted by Crippen LogP contribution is -2.08. The highest BCUT2D eigenvalue weighted by Gasteiger charge is 2.20. The predicted octanol–water partition coefficient (Wildman–Crippen LogP) is 4.67. The zero-order chi connectivity index (χ0) is 15.0. The first-order chi connectivity index (χ1) is 10.1. The summed E-state index contributed by atoms with van der Waals surface area (Å²) in [6.45, 7) is 4.85. The molecule has 0 aliphatic carbocycles. The summed E-state index contributed by atoms with van der Waals surface area (Å²) in [6, 6.07) is 4.18. The van der Waals surface area contributed by atoms with Gasteiger partial charge in [0, 0.05) is 27.2 Å². The molecule has 112 valence electrons. The van der Waals surface area contributed by atoms with E-state index in [1.165, 1.54) is 9.40 Å². The number of aliphatic hydroxyl groups is 1. The van der Waals surface area contributed by atoms with E-state index in [4.69, 9.17) is 11.6 Å². The molecular weight excluding hydrogens is 324 g/mol. The number of aryl methyl sites for hydroxylation is 2. The standard InChI is InChI=1S/C15H17ClN2OS2/c1-3-9-15(16)10(18(4-2)17-9)7-11(19)13-8-14-12(21-13)5-6-20-14/h5-6,8,11,19H,3-4,7H2,1-2H3. The van der Waals surface area contributed by atoms with E-state index in [0.717, 1.165) is 29.2 Å². The molecular formula is C15H17ClN2OS2. The lowest BCUT2D eigenvalue weighted by molar-refractivity contribution is 0.179. The fourth-order valence-corrected chi connectivity index (χ4v) is 4.90. The summed E-state index contributed by atoms with van der Waals surface area (Å²) in [5.74, 6) is 0. The number of hydrogen-bond acceptors (Lipinski definition) is 4. The second-order valence-corrected chi connectivity index (χ2v) is 7.34. The van der Waals surface area contributed by atoms with E-state index in [-0.39, 0.29) is 0 Å². The molecule has 0 aromatic carbocycles. The number of rotatable bonds is 5. The van der Waals surface area contributed by atoms with E-state index < -0.39 is 6.10 Å². The first-order valence-electron chi connectivity index (χ1n) is 7.03. The number of aliphatic hydroxyl groups excluding tert-OH is 1. The van der Waals surface area contributed by atoms with Crippen molar-refractivity contribution in [2.24, 2.45) is 0 Å². The van der Waals surface area contributed by atoms with Crippen molar-refractivity contribution >= 4 is 43.7 Å². The molecule has 0 spiro atoms. The van der Waals surface area contributed by atoms with E-state index in [2.05, 4.69) is 22.6 Å². The molecule has 21 heavy (non-hydrogen) atoms. The summed E-state index contributed by atoms with van der Waals surface area (Å²) in [6.07, 6.45) is 0.788. The summed E-state index contributed by atoms with van der Waals surface area (Å²) in [5, 5.41) is 17.8. The van der Waals surface area contributed by atoms with Gasteiger partial charge < -0.3 is 5.11 Å². The van der Waals surface area contributed by atoms with Crippen LogP contribution in [0.25, 0.3) is 9.40 Å². The van der Waals surface area contributed by atoms with Gasteiger partial charge in [0.15, 0.2) is 0 Å². The van der Waals surface area contributed by atoms with E-state index in [1.54, 1.807) is 22.7 Å². The monoisotopic (exact) mass is 340 g/mol. The highest BCUT2D eigenvalue weighted by molar-refractivity contribution is 7.26. The summed E-state index contributed by atoms with van der Waals surface area (Å²) in [7, 11) is 0. The Kier molecular flexibility index (Phi) is 4.36. The second-order valence-electron chi connectivity index (χ2n) is 4.89. The molecule has 0 aliphatic rings. The predicted molar refractivity (Wildman–Crippen MR) is 90.7 cm³/mol. The molecule has 3 aromatic rings. The molecule has 0 aliphatic heterocycles. The lowest BCUT2D eigenvalue weighted by Gasteiger charge is -2.10. The van der Waals surface area contributed by atoms with Gasteiger partial charge in [-0.15, -0.1) is 22.7 Å². The van der Waals surface area contributed by atoms with Crippen LogP contribution in [-0.4, -0.2) is 14.9 Å². The van der Waals surface area contributed by atoms with Gasteiger partial charge in [-0.05, 0) is 30.9 Å². The van der Waals surface area contributed by atoms with Crippen molar-refractivity contribution in [1.82, 2.24) is 9.78 Å². The molecule has 0 bridgehead atoms. The third-order valence-corrected chi connectivity index (χ3v) is 6.20. The first kappa shape index (κ1) is 15.0. The second kappa shape index (κ2) is 6.08. The van der Waals surface area contributed by atoms with Gasteiger partial charge in [0.2, 0.25) is 0 Å². The van der Waals surface area contributed by atoms with E-state index in [1.807, 2.05) is 18.5 Å². The highest BCUT2D eigenvalue weighted by atomic mass is 35.5. The van der Waals surface area contributed by atoms with E-state index in [0.29, 0.717) is 11.4 Å². The third kappa shape index (κ3) is 2.75. The summed E-state index contributed by atoms with van der Waals surface area (Å²) in [4.78, 5) is 0.995. The number of hydrogen-bond donors (Lipinski definition) is 1. The molecule has 3 rings (SSSR count). The molecule has 1 atom stereocenters. The number of nitrogens with zero attached hydrogens (tertiary/aromatic N) is 2. The number of aromatic nitrogens is 2. The normalized spacial score (nSPS) is 13.1. The van der Waals surface area contributed by atoms with Gasteiger partial charge in [-0.1, -0.05) is 18.5 Å². The number of fused-ring (bicyclic) bond motifs is 1. The molecule has 6 heteroatoms. The van der Waals surface area contributed by atoms with Crippen LogP contribution in [0.4, 0.5) is 0 Å². The summed E-state index contributed by atoms with van der Waals surface area (Å²) < 4.78 is 4.37. The van der Waals surface area contributed by atoms with Crippen LogP contribution in [0.3, 0.4) is 0 Å². The fourth-order valence-electron chi connectivity index (χ4n) is 2.44. The highest BCUT2D eigenvalue weighted by Crippen LogP contribution is 2.35. The molecule has 0 saturated heterocycles. The Bertz CT molecular complexity index is 730. The van der Waals surface area contributed by atoms with E-state index >= 15 is 0 Å². The molecule has 3 heterocycles. The minimum absolute atomic E-state index is 0.507. The van der Waals surface area contributed by atoms with Gasteiger partial charge in [-0.25, -0.2) is 0 Å². The van der Waals surface area contributed by atoms with Crippen molar-refractivity contribution < 1.29 is 5.11 Å². The molecule has 0 radical (unpaired) electrons. The molecule has 0 fully saturated rings. The third-order valence-electron chi connectivity index (χ3n) is 3.57. The Balaban J connectivity index is 1.88. The van der Waals surface area contributed by atoms with Gasteiger partial charge in [0.05, 0.1) is 22.5 Å². The fraction of sp³-hybridized carbons (Fsp3) is 0.400. The van der Waals surface area contributed by atoms with Crippen LogP contribution >= 0.6 is 34.3 Å². The minimum Gasteiger partial charge on any atom is -0.387 e. The lowest BCUT2D eigenvalue weighted by atomic mass is 10.1. The number of halogens is 1. The zero-order valence-corrected chi connectivity index (χ0v) is 14.4. The Morgan fingerprint density at radius 2 is 2.19 bits per heavy atom. The topological polar surface area (TPSA) is 38.0 Å². The van der Waals surface area contributed by atoms with Crippen molar-refractivity contribution in [3.05, 3.63) is 38.8 Å². The molecule has 3 aromatic heterocycles. The van der Waals surface area contributed by atoms with Crippen molar-refractivity contribution in [2.75, 3.05) is 0 Å². The number of thiophene rings is 2. The van der Waals surface area contributed by atoms with Crippen molar-refractivity contribution in [1.29, 1.82) is 0 Å². The maximum Gasteiger partial charge on any atom is 0.0938 e. The average molecular weight is 341 g/mol. The van der Waals surface area contributed by atoms with Crippen LogP contribution in [0.2, 0.25) is 5.02 Å². The van der Waals surface area contributed by atoms with Crippen LogP contribution in [0.1, 0.15) is 36.2 Å². The van der Waals surface area contributed by atoms with Gasteiger partial charge in [-0.2, -0.15) is 5.10 Å². The molecule has 0 saturated carbocycles. The molecule has 3 nitrogen and oxygen atoms in total. The quantitative estimate of drug-likeness (QED) is 0.732. The van der Waals surface area contributed by atoms with Crippen molar-refractivity contribution in [3.8, 4) is 0 Å².